The van der Waals surface area contributed by atoms with Gasteiger partial charge in [0, 0.05) is 37.3 Å². The molecule has 0 aliphatic heterocycles. The van der Waals surface area contributed by atoms with E-state index in [1.54, 1.807) is 0 Å². The number of hydrogen-bond acceptors (Lipinski definition) is 4. The summed E-state index contributed by atoms with van der Waals surface area (Å²) in [5.74, 6) is 0. The second-order valence-corrected chi connectivity index (χ2v) is 1.80. The van der Waals surface area contributed by atoms with E-state index in [-0.39, 0.29) is 82.8 Å². The van der Waals surface area contributed by atoms with E-state index in [1.807, 2.05) is 0 Å². The van der Waals surface area contributed by atoms with Crippen LogP contribution in [0.25, 0.3) is 0 Å². The van der Waals surface area contributed by atoms with Gasteiger partial charge in [-0.3, -0.25) is 0 Å². The van der Waals surface area contributed by atoms with E-state index in [0.29, 0.717) is 0 Å². The van der Waals surface area contributed by atoms with Gasteiger partial charge in [-0.15, -0.1) is 0 Å². The summed E-state index contributed by atoms with van der Waals surface area (Å²) in [6.07, 6.45) is 0. The molecule has 0 spiro atoms. The van der Waals surface area contributed by atoms with Gasteiger partial charge in [0.15, 0.2) is 0 Å². The molecule has 0 bridgehead atoms. The van der Waals surface area contributed by atoms with Crippen molar-refractivity contribution in [1.82, 2.24) is 0 Å². The van der Waals surface area contributed by atoms with Crippen LogP contribution in [0, 0.1) is 37.3 Å². The molecule has 0 heterocycles. The Morgan fingerprint density at radius 3 is 0.857 bits per heavy atom. The van der Waals surface area contributed by atoms with Crippen LogP contribution in [0.3, 0.4) is 0 Å². The van der Waals surface area contributed by atoms with Gasteiger partial charge in [0.2, 0.25) is 0 Å². The zero-order chi connectivity index (χ0) is 4.50. The Morgan fingerprint density at radius 2 is 0.857 bits per heavy atom. The van der Waals surface area contributed by atoms with Crippen molar-refractivity contribution in [2.75, 3.05) is 0 Å². The first-order valence-electron chi connectivity index (χ1n) is 0.894. The van der Waals surface area contributed by atoms with Crippen LogP contribution < -0.4 is 0 Å². The van der Waals surface area contributed by atoms with Gasteiger partial charge in [-0.05, 0) is 0 Å². The van der Waals surface area contributed by atoms with Gasteiger partial charge in [0.25, 0.3) is 0 Å². The summed E-state index contributed by atoms with van der Waals surface area (Å²) in [6, 6.07) is 0. The Balaban J connectivity index is -0.0000000800. The molecule has 0 saturated heterocycles. The van der Waals surface area contributed by atoms with Crippen molar-refractivity contribution < 1.29 is 56.5 Å². The molecule has 0 aliphatic rings. The fourth-order valence-corrected chi connectivity index (χ4v) is 0. The van der Waals surface area contributed by atoms with E-state index in [0.717, 1.165) is 0 Å². The van der Waals surface area contributed by atoms with E-state index >= 15 is 0 Å². The van der Waals surface area contributed by atoms with Crippen molar-refractivity contribution in [2.24, 2.45) is 0 Å². The average Bonchev–Trinajstić information content (AvgIpc) is 0.722. The molecule has 0 fully saturated rings. The summed E-state index contributed by atoms with van der Waals surface area (Å²) >= 11 is 0. The van der Waals surface area contributed by atoms with Gasteiger partial charge in [-0.25, -0.2) is 0 Å². The predicted octanol–water partition coefficient (Wildman–Crippen LogP) is -3.52. The van der Waals surface area contributed by atoms with E-state index in [9.17, 15) is 0 Å². The molecule has 0 unspecified atom stereocenters. The van der Waals surface area contributed by atoms with Crippen molar-refractivity contribution in [1.29, 1.82) is 0 Å². The van der Waals surface area contributed by atoms with Crippen LogP contribution in [0.4, 0.5) is 0 Å². The molecule has 0 atom stereocenters. The first kappa shape index (κ1) is 16.4. The molecule has 0 aromatic carbocycles. The van der Waals surface area contributed by atoms with E-state index in [1.165, 1.54) is 0 Å². The first-order chi connectivity index (χ1) is 2.00. The monoisotopic (exact) mass is 352 g/mol. The van der Waals surface area contributed by atoms with Gasteiger partial charge in [-0.1, -0.05) is 0 Å². The first-order valence-corrected chi connectivity index (χ1v) is 2.68. The maximum atomic E-state index is 7.33. The van der Waals surface area contributed by atoms with Gasteiger partial charge < -0.3 is 19.2 Å². The topological polar surface area (TPSA) is 80.9 Å². The minimum atomic E-state index is -4.61. The van der Waals surface area contributed by atoms with Crippen molar-refractivity contribution in [3.63, 3.8) is 0 Å². The molecule has 0 aromatic rings. The second-order valence-electron chi connectivity index (χ2n) is 0.600. The minimum absolute atomic E-state index is 0. The Hall–Kier alpha value is 2.78. The van der Waals surface area contributed by atoms with E-state index in [4.69, 9.17) is 19.2 Å². The van der Waals surface area contributed by atoms with Crippen LogP contribution in [0.5, 0.6) is 0 Å². The van der Waals surface area contributed by atoms with Crippen LogP contribution in [0.2, 0.25) is 0 Å². The molecule has 0 amide bonds. The maximum absolute atomic E-state index is 7.33. The third-order valence-corrected chi connectivity index (χ3v) is 0. The number of hydrogen-bond donors (Lipinski definition) is 4. The van der Waals surface area contributed by atoms with Crippen LogP contribution in [0.1, 0.15) is 0 Å². The molecule has 48 valence electrons. The molecule has 4 N–H and O–H groups in total. The van der Waals surface area contributed by atoms with Crippen LogP contribution in [0.15, 0.2) is 0 Å². The molecule has 0 aliphatic carbocycles. The molecular formula is H6ErO4SiSr. The zero-order valence-electron chi connectivity index (χ0n) is 2.58. The predicted molar refractivity (Wildman–Crippen MR) is 23.2 cm³/mol. The van der Waals surface area contributed by atoms with Crippen molar-refractivity contribution in [3.8, 4) is 0 Å². The summed E-state index contributed by atoms with van der Waals surface area (Å²) in [7, 11) is -4.61. The molecule has 0 aromatic heterocycles. The van der Waals surface area contributed by atoms with Gasteiger partial charge in [0.05, 0.1) is 0 Å². The zero-order valence-corrected chi connectivity index (χ0v) is 5.43. The molecule has 0 radical (unpaired) electrons. The van der Waals surface area contributed by atoms with Crippen LogP contribution in [-0.4, -0.2) is 73.7 Å². The summed E-state index contributed by atoms with van der Waals surface area (Å²) in [6.45, 7) is 0. The second kappa shape index (κ2) is 6.90. The molecule has 0 saturated carbocycles. The summed E-state index contributed by atoms with van der Waals surface area (Å²) < 4.78 is 0. The Labute approximate surface area is 109 Å². The van der Waals surface area contributed by atoms with Gasteiger partial charge in [-0.2, -0.15) is 0 Å². The Bertz CT molecular complexity index is 27.2. The molecule has 4 nitrogen and oxygen atoms in total. The van der Waals surface area contributed by atoms with Crippen molar-refractivity contribution in [3.05, 3.63) is 0 Å². The molecule has 7 heteroatoms. The molecule has 7 heavy (non-hydrogen) atoms. The van der Waals surface area contributed by atoms with Crippen LogP contribution in [-0.2, 0) is 0 Å². The fraction of sp³-hybridized carbons (Fsp3) is 0. The van der Waals surface area contributed by atoms with Gasteiger partial charge in [0.1, 0.15) is 0 Å². The fourth-order valence-electron chi connectivity index (χ4n) is 0. The van der Waals surface area contributed by atoms with Crippen LogP contribution >= 0.6 is 0 Å². The summed E-state index contributed by atoms with van der Waals surface area (Å²) in [4.78, 5) is 29.3. The Morgan fingerprint density at radius 1 is 0.857 bits per heavy atom. The van der Waals surface area contributed by atoms with E-state index < -0.39 is 9.05 Å². The SMILES string of the molecule is O[Si](O)(O)O.[Er].[SrH2]. The third-order valence-electron chi connectivity index (χ3n) is 0. The van der Waals surface area contributed by atoms with Gasteiger partial charge >= 0.3 is 54.5 Å². The Kier molecular flexibility index (Phi) is 16.2. The standard InChI is InChI=1S/Er.H4O4Si.Sr.2H/c;1-5(2,3)4;;;/h;1-4H;;;. The molecular weight excluding hydrogens is 347 g/mol. The average molecular weight is 353 g/mol. The van der Waals surface area contributed by atoms with Crippen molar-refractivity contribution in [2.45, 2.75) is 0 Å². The molecule has 0 rings (SSSR count). The van der Waals surface area contributed by atoms with Crippen molar-refractivity contribution >= 4 is 54.5 Å². The summed E-state index contributed by atoms with van der Waals surface area (Å²) in [5.41, 5.74) is 0. The quantitative estimate of drug-likeness (QED) is 0.341. The van der Waals surface area contributed by atoms with E-state index in [2.05, 4.69) is 0 Å². The third kappa shape index (κ3) is 52.2. The number of rotatable bonds is 0. The normalized spacial score (nSPS) is 8.57. The summed E-state index contributed by atoms with van der Waals surface area (Å²) in [5, 5.41) is 0.